The molecule has 1 saturated carbocycles. The number of imidazole rings is 2. The molecular formula is C41H52N8O6. The third-order valence-electron chi connectivity index (χ3n) is 11.5. The van der Waals surface area contributed by atoms with Crippen LogP contribution < -0.4 is 10.6 Å². The lowest BCUT2D eigenvalue weighted by atomic mass is 10.0. The van der Waals surface area contributed by atoms with Gasteiger partial charge >= 0.3 is 12.2 Å². The number of aromatic amines is 2. The Balaban J connectivity index is 1.00. The molecule has 0 spiro atoms. The molecule has 6 atom stereocenters. The van der Waals surface area contributed by atoms with Gasteiger partial charge in [-0.25, -0.2) is 19.6 Å². The van der Waals surface area contributed by atoms with Crippen LogP contribution in [0.1, 0.15) is 106 Å². The van der Waals surface area contributed by atoms with Crippen LogP contribution >= 0.6 is 0 Å². The summed E-state index contributed by atoms with van der Waals surface area (Å²) in [7, 11) is 2.59. The Kier molecular flexibility index (Phi) is 10.9. The molecule has 14 nitrogen and oxygen atoms in total. The normalized spacial score (nSPS) is 21.9. The number of ether oxygens (including phenoxy) is 2. The Labute approximate surface area is 321 Å². The number of H-pyrrole nitrogens is 2. The second-order valence-corrected chi connectivity index (χ2v) is 15.7. The van der Waals surface area contributed by atoms with Gasteiger partial charge < -0.3 is 39.9 Å². The van der Waals surface area contributed by atoms with E-state index in [1.807, 2.05) is 43.7 Å². The van der Waals surface area contributed by atoms with Gasteiger partial charge in [0.1, 0.15) is 23.7 Å². The molecule has 4 amide bonds. The third-order valence-corrected chi connectivity index (χ3v) is 11.5. The highest BCUT2D eigenvalue weighted by Gasteiger charge is 2.41. The van der Waals surface area contributed by atoms with Crippen LogP contribution in [0.3, 0.4) is 0 Å². The van der Waals surface area contributed by atoms with Gasteiger partial charge in [-0.05, 0) is 84.6 Å². The van der Waals surface area contributed by atoms with Crippen molar-refractivity contribution in [3.8, 4) is 11.3 Å². The van der Waals surface area contributed by atoms with Crippen molar-refractivity contribution >= 4 is 35.0 Å². The number of carbonyl (C=O) groups excluding carboxylic acids is 4. The molecule has 292 valence electrons. The molecule has 0 unspecified atom stereocenters. The van der Waals surface area contributed by atoms with Crippen LogP contribution in [0.15, 0.2) is 48.7 Å². The highest BCUT2D eigenvalue weighted by molar-refractivity contribution is 5.87. The first-order chi connectivity index (χ1) is 26.5. The van der Waals surface area contributed by atoms with Crippen LogP contribution in [0.25, 0.3) is 22.3 Å². The van der Waals surface area contributed by atoms with E-state index < -0.39 is 24.3 Å². The van der Waals surface area contributed by atoms with E-state index in [2.05, 4.69) is 63.1 Å². The summed E-state index contributed by atoms with van der Waals surface area (Å²) in [5.41, 5.74) is 6.28. The first-order valence-electron chi connectivity index (χ1n) is 19.4. The van der Waals surface area contributed by atoms with Crippen LogP contribution in [-0.4, -0.2) is 93.1 Å². The van der Waals surface area contributed by atoms with Gasteiger partial charge in [0, 0.05) is 13.1 Å². The summed E-state index contributed by atoms with van der Waals surface area (Å²) in [5, 5.41) is 5.42. The second-order valence-electron chi connectivity index (χ2n) is 15.7. The van der Waals surface area contributed by atoms with Crippen molar-refractivity contribution in [3.63, 3.8) is 0 Å². The van der Waals surface area contributed by atoms with Crippen molar-refractivity contribution in [1.82, 2.24) is 40.4 Å². The monoisotopic (exact) mass is 752 g/mol. The molecule has 0 bridgehead atoms. The minimum Gasteiger partial charge on any atom is -0.453 e. The van der Waals surface area contributed by atoms with Crippen LogP contribution in [0.2, 0.25) is 0 Å². The van der Waals surface area contributed by atoms with E-state index >= 15 is 0 Å². The molecule has 55 heavy (non-hydrogen) atoms. The lowest BCUT2D eigenvalue weighted by molar-refractivity contribution is -0.136. The number of likely N-dealkylation sites (tertiary alicyclic amines) is 2. The Morgan fingerprint density at radius 3 is 1.85 bits per heavy atom. The zero-order chi connectivity index (χ0) is 39.0. The van der Waals surface area contributed by atoms with Crippen molar-refractivity contribution in [3.05, 3.63) is 71.4 Å². The summed E-state index contributed by atoms with van der Waals surface area (Å²) >= 11 is 0. The van der Waals surface area contributed by atoms with Crippen molar-refractivity contribution in [2.45, 2.75) is 95.8 Å². The van der Waals surface area contributed by atoms with Crippen LogP contribution in [0, 0.1) is 11.8 Å². The number of benzene rings is 2. The quantitative estimate of drug-likeness (QED) is 0.138. The molecule has 2 aromatic heterocycles. The van der Waals surface area contributed by atoms with E-state index in [0.29, 0.717) is 24.9 Å². The average molecular weight is 753 g/mol. The number of aromatic nitrogens is 4. The molecule has 4 heterocycles. The Morgan fingerprint density at radius 2 is 1.29 bits per heavy atom. The summed E-state index contributed by atoms with van der Waals surface area (Å²) in [6.07, 6.45) is 4.97. The number of hydrogen-bond acceptors (Lipinski definition) is 8. The smallest absolute Gasteiger partial charge is 0.407 e. The molecule has 4 aromatic rings. The zero-order valence-corrected chi connectivity index (χ0v) is 32.4. The first kappa shape index (κ1) is 37.9. The topological polar surface area (TPSA) is 175 Å². The fraction of sp³-hybridized carbons (Fsp3) is 0.512. The number of carbonyl (C=O) groups is 4. The number of nitrogens with one attached hydrogen (secondary N) is 4. The third kappa shape index (κ3) is 7.76. The minimum absolute atomic E-state index is 0.0958. The minimum atomic E-state index is -0.679. The van der Waals surface area contributed by atoms with Gasteiger partial charge in [-0.2, -0.15) is 0 Å². The predicted octanol–water partition coefficient (Wildman–Crippen LogP) is 6.31. The van der Waals surface area contributed by atoms with Crippen LogP contribution in [0.4, 0.5) is 9.59 Å². The van der Waals surface area contributed by atoms with Gasteiger partial charge in [0.2, 0.25) is 11.8 Å². The summed E-state index contributed by atoms with van der Waals surface area (Å²) in [4.78, 5) is 71.3. The number of amides is 4. The predicted molar refractivity (Wildman–Crippen MR) is 206 cm³/mol. The van der Waals surface area contributed by atoms with Crippen LogP contribution in [-0.2, 0) is 19.1 Å². The van der Waals surface area contributed by atoms with Gasteiger partial charge in [-0.3, -0.25) is 9.59 Å². The molecule has 1 aliphatic carbocycles. The van der Waals surface area contributed by atoms with E-state index in [4.69, 9.17) is 19.4 Å². The number of fused-ring (bicyclic) bond motifs is 1. The number of alkyl carbamates (subject to hydrolysis) is 2. The molecule has 14 heteroatoms. The lowest BCUT2D eigenvalue weighted by Crippen LogP contribution is -2.51. The number of hydrogen-bond donors (Lipinski definition) is 4. The Hall–Kier alpha value is -5.40. The fourth-order valence-corrected chi connectivity index (χ4v) is 8.32. The molecule has 0 radical (unpaired) electrons. The average Bonchev–Trinajstić information content (AvgIpc) is 3.69. The summed E-state index contributed by atoms with van der Waals surface area (Å²) < 4.78 is 9.53. The number of rotatable bonds is 11. The molecule has 7 rings (SSSR count). The highest BCUT2D eigenvalue weighted by atomic mass is 16.5. The standard InChI is InChI=1S/C41H52N8O6/c1-22(2)34(46-40(52)54-5)38(50)48-17-7-9-32(48)36-42-21-31(45-36)25-13-11-24(12-14-25)27-20-28(27)26-15-16-29-30(19-26)44-37(43-29)33-10-8-18-49(33)39(51)35(23(3)4)47-41(53)55-6/h11-16,19,21-23,27-28,32-35H,7-10,17-18,20H2,1-6H3,(H,42,45)(H,43,44)(H,46,52)(H,47,53)/t27-,28-,32-,33-,34-,35-/m0/s1. The summed E-state index contributed by atoms with van der Waals surface area (Å²) in [6, 6.07) is 13.3. The molecule has 2 saturated heterocycles. The lowest BCUT2D eigenvalue weighted by Gasteiger charge is -2.30. The van der Waals surface area contributed by atoms with E-state index in [1.165, 1.54) is 25.3 Å². The van der Waals surface area contributed by atoms with E-state index in [0.717, 1.165) is 66.0 Å². The van der Waals surface area contributed by atoms with Crippen LogP contribution in [0.5, 0.6) is 0 Å². The molecule has 3 fully saturated rings. The van der Waals surface area contributed by atoms with Gasteiger partial charge in [-0.1, -0.05) is 58.0 Å². The Bertz CT molecular complexity index is 2040. The Morgan fingerprint density at radius 1 is 0.745 bits per heavy atom. The maximum atomic E-state index is 13.6. The van der Waals surface area contributed by atoms with Gasteiger partial charge in [0.05, 0.1) is 49.2 Å². The molecule has 4 N–H and O–H groups in total. The van der Waals surface area contributed by atoms with E-state index in [-0.39, 0.29) is 35.7 Å². The largest absolute Gasteiger partial charge is 0.453 e. The summed E-state index contributed by atoms with van der Waals surface area (Å²) in [6.45, 7) is 8.85. The molecule has 3 aliphatic rings. The maximum Gasteiger partial charge on any atom is 0.407 e. The zero-order valence-electron chi connectivity index (χ0n) is 32.4. The van der Waals surface area contributed by atoms with Crippen molar-refractivity contribution in [2.24, 2.45) is 11.8 Å². The maximum absolute atomic E-state index is 13.6. The molecule has 2 aromatic carbocycles. The van der Waals surface area contributed by atoms with Crippen molar-refractivity contribution in [1.29, 1.82) is 0 Å². The van der Waals surface area contributed by atoms with Crippen molar-refractivity contribution < 1.29 is 28.7 Å². The second kappa shape index (κ2) is 15.8. The fourth-order valence-electron chi connectivity index (χ4n) is 8.32. The summed E-state index contributed by atoms with van der Waals surface area (Å²) in [5.74, 6) is 1.88. The number of methoxy groups -OCH3 is 2. The molecule has 2 aliphatic heterocycles. The van der Waals surface area contributed by atoms with Crippen molar-refractivity contribution in [2.75, 3.05) is 27.3 Å². The SMILES string of the molecule is COC(=O)N[C@H](C(=O)N1CCC[C@H]1c1ncc(-c2ccc([C@@H]3C[C@H]3c3ccc4nc([C@@H]5CCCN5C(=O)[C@@H](NC(=O)OC)C(C)C)[nH]c4c3)cc2)[nH]1)C(C)C. The van der Waals surface area contributed by atoms with E-state index in [1.54, 1.807) is 0 Å². The molecular weight excluding hydrogens is 701 g/mol. The van der Waals surface area contributed by atoms with Gasteiger partial charge in [-0.15, -0.1) is 0 Å². The highest BCUT2D eigenvalue weighted by Crippen LogP contribution is 2.55. The van der Waals surface area contributed by atoms with Gasteiger partial charge in [0.15, 0.2) is 0 Å². The van der Waals surface area contributed by atoms with Gasteiger partial charge in [0.25, 0.3) is 0 Å². The van der Waals surface area contributed by atoms with E-state index in [9.17, 15) is 19.2 Å². The first-order valence-corrected chi connectivity index (χ1v) is 19.4. The number of nitrogens with zero attached hydrogens (tertiary/aromatic N) is 4.